The number of piperidine rings is 1. The average Bonchev–Trinajstić information content (AvgIpc) is 2.63. The Bertz CT molecular complexity index is 697. The van der Waals surface area contributed by atoms with E-state index in [1.165, 1.54) is 18.2 Å². The smallest absolute Gasteiger partial charge is 0.271 e. The zero-order valence-electron chi connectivity index (χ0n) is 12.8. The number of amides is 2. The van der Waals surface area contributed by atoms with Crippen LogP contribution in [0.5, 0.6) is 0 Å². The lowest BCUT2D eigenvalue weighted by Gasteiger charge is -2.47. The van der Waals surface area contributed by atoms with Crippen LogP contribution < -0.4 is 4.90 Å². The number of carbonyl (C=O) groups is 2. The molecule has 0 aromatic heterocycles. The monoisotopic (exact) mass is 302 g/mol. The normalized spacial score (nSPS) is 29.8. The summed E-state index contributed by atoms with van der Waals surface area (Å²) >= 11 is 0. The molecule has 1 aliphatic carbocycles. The Hall–Kier alpha value is -2.24. The molecule has 6 nitrogen and oxygen atoms in total. The summed E-state index contributed by atoms with van der Waals surface area (Å²) in [6.07, 6.45) is 1.35. The van der Waals surface area contributed by atoms with Crippen molar-refractivity contribution in [1.82, 2.24) is 0 Å². The third-order valence-electron chi connectivity index (χ3n) is 5.72. The SMILES string of the molecule is CC12CCC(C(=O)N(c3cccc([N+](=O)[O-])c3)C1=O)C2(C)C. The van der Waals surface area contributed by atoms with Gasteiger partial charge in [0.25, 0.3) is 5.69 Å². The molecule has 0 N–H and O–H groups in total. The predicted octanol–water partition coefficient (Wildman–Crippen LogP) is 2.91. The largest absolute Gasteiger partial charge is 0.274 e. The highest BCUT2D eigenvalue weighted by atomic mass is 16.6. The molecule has 1 saturated carbocycles. The van der Waals surface area contributed by atoms with Gasteiger partial charge in [0.2, 0.25) is 11.8 Å². The molecule has 1 heterocycles. The van der Waals surface area contributed by atoms with Gasteiger partial charge < -0.3 is 0 Å². The molecule has 0 radical (unpaired) electrons. The minimum atomic E-state index is -0.615. The van der Waals surface area contributed by atoms with E-state index in [0.717, 1.165) is 4.90 Å². The summed E-state index contributed by atoms with van der Waals surface area (Å²) in [6.45, 7) is 5.82. The third kappa shape index (κ3) is 1.66. The van der Waals surface area contributed by atoms with E-state index in [2.05, 4.69) is 0 Å². The van der Waals surface area contributed by atoms with E-state index in [1.54, 1.807) is 6.07 Å². The van der Waals surface area contributed by atoms with Crippen LogP contribution in [0.25, 0.3) is 0 Å². The first-order valence-electron chi connectivity index (χ1n) is 7.33. The second-order valence-corrected chi connectivity index (χ2v) is 6.90. The van der Waals surface area contributed by atoms with Crippen molar-refractivity contribution in [2.45, 2.75) is 33.6 Å². The van der Waals surface area contributed by atoms with Crippen LogP contribution >= 0.6 is 0 Å². The maximum Gasteiger partial charge on any atom is 0.271 e. The molecule has 1 aliphatic heterocycles. The molecule has 2 fully saturated rings. The number of hydrogen-bond donors (Lipinski definition) is 0. The van der Waals surface area contributed by atoms with Gasteiger partial charge in [0, 0.05) is 18.1 Å². The molecule has 2 amide bonds. The summed E-state index contributed by atoms with van der Waals surface area (Å²) in [6, 6.07) is 5.71. The molecular weight excluding hydrogens is 284 g/mol. The fourth-order valence-electron chi connectivity index (χ4n) is 3.81. The molecule has 3 rings (SSSR count). The summed E-state index contributed by atoms with van der Waals surface area (Å²) in [4.78, 5) is 37.3. The standard InChI is InChI=1S/C16H18N2O4/c1-15(2)12-7-8-16(15,3)14(20)17(13(12)19)10-5-4-6-11(9-10)18(21)22/h4-6,9,12H,7-8H2,1-3H3. The van der Waals surface area contributed by atoms with E-state index in [-0.39, 0.29) is 29.1 Å². The second-order valence-electron chi connectivity index (χ2n) is 6.90. The Morgan fingerprint density at radius 1 is 1.27 bits per heavy atom. The number of carbonyl (C=O) groups excluding carboxylic acids is 2. The van der Waals surface area contributed by atoms with Crippen molar-refractivity contribution in [2.75, 3.05) is 4.90 Å². The minimum Gasteiger partial charge on any atom is -0.274 e. The molecular formula is C16H18N2O4. The van der Waals surface area contributed by atoms with E-state index in [9.17, 15) is 19.7 Å². The molecule has 2 unspecified atom stereocenters. The summed E-state index contributed by atoms with van der Waals surface area (Å²) in [5.74, 6) is -0.725. The van der Waals surface area contributed by atoms with Gasteiger partial charge in [0.15, 0.2) is 0 Å². The van der Waals surface area contributed by atoms with Crippen LogP contribution in [0.1, 0.15) is 33.6 Å². The van der Waals surface area contributed by atoms with Crippen LogP contribution in [-0.4, -0.2) is 16.7 Å². The number of benzene rings is 1. The number of rotatable bonds is 2. The van der Waals surface area contributed by atoms with Gasteiger partial charge in [-0.25, -0.2) is 4.90 Å². The van der Waals surface area contributed by atoms with Crippen LogP contribution in [-0.2, 0) is 9.59 Å². The third-order valence-corrected chi connectivity index (χ3v) is 5.72. The van der Waals surface area contributed by atoms with Gasteiger partial charge in [0.05, 0.1) is 16.0 Å². The van der Waals surface area contributed by atoms with Crippen molar-refractivity contribution in [2.24, 2.45) is 16.7 Å². The molecule has 2 bridgehead atoms. The number of nitro groups is 1. The van der Waals surface area contributed by atoms with Gasteiger partial charge in [-0.3, -0.25) is 19.7 Å². The van der Waals surface area contributed by atoms with E-state index in [4.69, 9.17) is 0 Å². The number of hydrogen-bond acceptors (Lipinski definition) is 4. The highest BCUT2D eigenvalue weighted by molar-refractivity contribution is 6.20. The molecule has 1 aromatic carbocycles. The first kappa shape index (κ1) is 14.7. The second kappa shape index (κ2) is 4.38. The average molecular weight is 302 g/mol. The van der Waals surface area contributed by atoms with Gasteiger partial charge in [-0.05, 0) is 24.3 Å². The zero-order valence-corrected chi connectivity index (χ0v) is 12.8. The summed E-state index contributed by atoms with van der Waals surface area (Å²) in [5.41, 5.74) is -0.840. The minimum absolute atomic E-state index is 0.125. The number of nitro benzene ring substituents is 1. The van der Waals surface area contributed by atoms with Crippen molar-refractivity contribution >= 4 is 23.2 Å². The molecule has 2 atom stereocenters. The Balaban J connectivity index is 2.10. The van der Waals surface area contributed by atoms with Gasteiger partial charge in [-0.15, -0.1) is 0 Å². The number of anilines is 1. The van der Waals surface area contributed by atoms with Crippen molar-refractivity contribution < 1.29 is 14.5 Å². The molecule has 116 valence electrons. The quantitative estimate of drug-likeness (QED) is 0.478. The van der Waals surface area contributed by atoms with E-state index < -0.39 is 15.8 Å². The maximum atomic E-state index is 12.9. The Morgan fingerprint density at radius 3 is 2.59 bits per heavy atom. The predicted molar refractivity (Wildman–Crippen MR) is 80.2 cm³/mol. The topological polar surface area (TPSA) is 80.5 Å². The van der Waals surface area contributed by atoms with Crippen molar-refractivity contribution in [1.29, 1.82) is 0 Å². The number of non-ortho nitro benzene ring substituents is 1. The van der Waals surface area contributed by atoms with Crippen LogP contribution in [0.2, 0.25) is 0 Å². The molecule has 2 aliphatic rings. The van der Waals surface area contributed by atoms with E-state index in [0.29, 0.717) is 12.8 Å². The van der Waals surface area contributed by atoms with Gasteiger partial charge in [-0.2, -0.15) is 0 Å². The fourth-order valence-corrected chi connectivity index (χ4v) is 3.81. The Labute approximate surface area is 128 Å². The summed E-state index contributed by atoms with van der Waals surface area (Å²) in [7, 11) is 0. The lowest BCUT2D eigenvalue weighted by molar-refractivity contribution is -0.384. The maximum absolute atomic E-state index is 12.9. The number of fused-ring (bicyclic) bond motifs is 2. The number of nitrogens with zero attached hydrogens (tertiary/aromatic N) is 2. The Kier molecular flexibility index (Phi) is 2.92. The van der Waals surface area contributed by atoms with Crippen LogP contribution in [0.15, 0.2) is 24.3 Å². The van der Waals surface area contributed by atoms with Gasteiger partial charge in [-0.1, -0.05) is 26.8 Å². The van der Waals surface area contributed by atoms with Crippen molar-refractivity contribution in [3.8, 4) is 0 Å². The number of imide groups is 1. The van der Waals surface area contributed by atoms with E-state index >= 15 is 0 Å². The lowest BCUT2D eigenvalue weighted by Crippen LogP contribution is -2.59. The van der Waals surface area contributed by atoms with Crippen LogP contribution in [0.4, 0.5) is 11.4 Å². The van der Waals surface area contributed by atoms with Crippen LogP contribution in [0, 0.1) is 26.9 Å². The molecule has 1 aromatic rings. The van der Waals surface area contributed by atoms with Crippen molar-refractivity contribution in [3.63, 3.8) is 0 Å². The molecule has 0 spiro atoms. The van der Waals surface area contributed by atoms with E-state index in [1.807, 2.05) is 20.8 Å². The molecule has 1 saturated heterocycles. The van der Waals surface area contributed by atoms with Crippen LogP contribution in [0.3, 0.4) is 0 Å². The fraction of sp³-hybridized carbons (Fsp3) is 0.500. The lowest BCUT2D eigenvalue weighted by atomic mass is 9.62. The van der Waals surface area contributed by atoms with Gasteiger partial charge >= 0.3 is 0 Å². The molecule has 6 heteroatoms. The summed E-state index contributed by atoms with van der Waals surface area (Å²) < 4.78 is 0. The Morgan fingerprint density at radius 2 is 1.95 bits per heavy atom. The zero-order chi connectivity index (χ0) is 16.3. The molecule has 22 heavy (non-hydrogen) atoms. The first-order chi connectivity index (χ1) is 10.2. The van der Waals surface area contributed by atoms with Crippen molar-refractivity contribution in [3.05, 3.63) is 34.4 Å². The highest BCUT2D eigenvalue weighted by Crippen LogP contribution is 2.60. The van der Waals surface area contributed by atoms with Gasteiger partial charge in [0.1, 0.15) is 0 Å². The first-order valence-corrected chi connectivity index (χ1v) is 7.33. The highest BCUT2D eigenvalue weighted by Gasteiger charge is 2.64. The summed E-state index contributed by atoms with van der Waals surface area (Å²) in [5, 5.41) is 10.9.